The average Bonchev–Trinajstić information content (AvgIpc) is 2.95. The molecule has 1 aliphatic carbocycles. The van der Waals surface area contributed by atoms with Gasteiger partial charge < -0.3 is 30.2 Å². The Morgan fingerprint density at radius 1 is 0.974 bits per heavy atom. The molecule has 0 bridgehead atoms. The van der Waals surface area contributed by atoms with E-state index < -0.39 is 23.9 Å². The summed E-state index contributed by atoms with van der Waals surface area (Å²) in [5, 5.41) is 2.87. The van der Waals surface area contributed by atoms with E-state index in [-0.39, 0.29) is 23.7 Å². The fraction of sp³-hybridized carbons (Fsp3) is 0.690. The third kappa shape index (κ3) is 6.53. The molecule has 3 N–H and O–H groups in total. The SMILES string of the molecule is CC[C@@H](C)[C@@H](NC(=O)[C@@H]1CCCCN1C(=O)C(c1cc(OC)c(OC)c(OC)c1)C1CCCCC1)C(N)=O. The molecule has 3 rings (SSSR count). The molecule has 1 aromatic carbocycles. The molecule has 1 unspecified atom stereocenters. The van der Waals surface area contributed by atoms with Gasteiger partial charge in [-0.2, -0.15) is 0 Å². The summed E-state index contributed by atoms with van der Waals surface area (Å²) in [5.74, 6) is 0.146. The minimum absolute atomic E-state index is 0.0646. The molecule has 212 valence electrons. The Morgan fingerprint density at radius 3 is 2.11 bits per heavy atom. The van der Waals surface area contributed by atoms with Crippen LogP contribution in [0, 0.1) is 11.8 Å². The standard InChI is InChI=1S/C29H45N3O6/c1-6-18(2)25(27(30)33)31-28(34)21-14-10-11-15-32(21)29(35)24(19-12-8-7-9-13-19)20-16-22(36-3)26(38-5)23(17-20)37-4/h16-19,21,24-25H,6-15H2,1-5H3,(H2,30,33)(H,31,34)/t18-,21+,24?,25-/m1/s1. The highest BCUT2D eigenvalue weighted by molar-refractivity contribution is 5.93. The molecule has 1 heterocycles. The van der Waals surface area contributed by atoms with Crippen molar-refractivity contribution in [2.24, 2.45) is 17.6 Å². The van der Waals surface area contributed by atoms with Crippen LogP contribution in [0.25, 0.3) is 0 Å². The van der Waals surface area contributed by atoms with Crippen LogP contribution in [0.5, 0.6) is 17.2 Å². The number of rotatable bonds is 11. The van der Waals surface area contributed by atoms with Gasteiger partial charge in [-0.1, -0.05) is 39.5 Å². The first-order valence-electron chi connectivity index (χ1n) is 14.0. The van der Waals surface area contributed by atoms with Gasteiger partial charge in [-0.05, 0) is 61.6 Å². The van der Waals surface area contributed by atoms with Gasteiger partial charge in [0.1, 0.15) is 12.1 Å². The normalized spacial score (nSPS) is 20.7. The fourth-order valence-corrected chi connectivity index (χ4v) is 5.99. The number of hydrogen-bond acceptors (Lipinski definition) is 6. The zero-order chi connectivity index (χ0) is 27.8. The maximum atomic E-state index is 14.4. The van der Waals surface area contributed by atoms with Crippen molar-refractivity contribution in [1.82, 2.24) is 10.2 Å². The second kappa shape index (κ2) is 13.7. The Morgan fingerprint density at radius 2 is 1.58 bits per heavy atom. The van der Waals surface area contributed by atoms with E-state index in [2.05, 4.69) is 5.32 Å². The molecule has 9 nitrogen and oxygen atoms in total. The van der Waals surface area contributed by atoms with E-state index in [1.165, 1.54) is 0 Å². The lowest BCUT2D eigenvalue weighted by Gasteiger charge is -2.40. The maximum Gasteiger partial charge on any atom is 0.243 e. The van der Waals surface area contributed by atoms with Gasteiger partial charge in [-0.3, -0.25) is 14.4 Å². The number of primary amides is 1. The predicted octanol–water partition coefficient (Wildman–Crippen LogP) is 3.77. The summed E-state index contributed by atoms with van der Waals surface area (Å²) in [4.78, 5) is 41.7. The molecule has 1 aliphatic heterocycles. The van der Waals surface area contributed by atoms with Crippen LogP contribution in [0.1, 0.15) is 83.1 Å². The van der Waals surface area contributed by atoms with Crippen molar-refractivity contribution in [3.63, 3.8) is 0 Å². The van der Waals surface area contributed by atoms with Gasteiger partial charge in [0.05, 0.1) is 27.2 Å². The third-order valence-corrected chi connectivity index (χ3v) is 8.34. The number of nitrogens with one attached hydrogen (secondary N) is 1. The zero-order valence-corrected chi connectivity index (χ0v) is 23.6. The van der Waals surface area contributed by atoms with Crippen LogP contribution in [-0.2, 0) is 14.4 Å². The van der Waals surface area contributed by atoms with Crippen LogP contribution in [0.15, 0.2) is 12.1 Å². The van der Waals surface area contributed by atoms with E-state index in [0.717, 1.165) is 50.5 Å². The number of methoxy groups -OCH3 is 3. The van der Waals surface area contributed by atoms with E-state index in [1.54, 1.807) is 26.2 Å². The summed E-state index contributed by atoms with van der Waals surface area (Å²) >= 11 is 0. The zero-order valence-electron chi connectivity index (χ0n) is 23.6. The van der Waals surface area contributed by atoms with Gasteiger partial charge in [0, 0.05) is 6.54 Å². The minimum atomic E-state index is -0.768. The lowest BCUT2D eigenvalue weighted by Crippen LogP contribution is -2.58. The Hall–Kier alpha value is -2.97. The van der Waals surface area contributed by atoms with Crippen molar-refractivity contribution in [3.05, 3.63) is 17.7 Å². The van der Waals surface area contributed by atoms with Gasteiger partial charge in [0.15, 0.2) is 11.5 Å². The third-order valence-electron chi connectivity index (χ3n) is 8.34. The van der Waals surface area contributed by atoms with Gasteiger partial charge in [-0.25, -0.2) is 0 Å². The maximum absolute atomic E-state index is 14.4. The number of hydrogen-bond donors (Lipinski definition) is 2. The molecule has 9 heteroatoms. The van der Waals surface area contributed by atoms with E-state index in [9.17, 15) is 14.4 Å². The first-order chi connectivity index (χ1) is 18.3. The number of ether oxygens (including phenoxy) is 3. The van der Waals surface area contributed by atoms with Gasteiger partial charge in [0.25, 0.3) is 0 Å². The Balaban J connectivity index is 1.99. The number of piperidine rings is 1. The first kappa shape index (κ1) is 29.6. The van der Waals surface area contributed by atoms with Crippen LogP contribution < -0.4 is 25.3 Å². The summed E-state index contributed by atoms with van der Waals surface area (Å²) in [6.07, 6.45) is 8.09. The number of nitrogens with zero attached hydrogens (tertiary/aromatic N) is 1. The van der Waals surface area contributed by atoms with Gasteiger partial charge in [0.2, 0.25) is 23.5 Å². The van der Waals surface area contributed by atoms with Crippen LogP contribution in [0.2, 0.25) is 0 Å². The van der Waals surface area contributed by atoms with Crippen molar-refractivity contribution >= 4 is 17.7 Å². The molecule has 0 spiro atoms. The van der Waals surface area contributed by atoms with Gasteiger partial charge in [-0.15, -0.1) is 0 Å². The number of nitrogens with two attached hydrogens (primary N) is 1. The summed E-state index contributed by atoms with van der Waals surface area (Å²) in [6, 6.07) is 2.32. The Labute approximate surface area is 226 Å². The molecule has 38 heavy (non-hydrogen) atoms. The van der Waals surface area contributed by atoms with Crippen molar-refractivity contribution < 1.29 is 28.6 Å². The first-order valence-corrected chi connectivity index (χ1v) is 14.0. The number of benzene rings is 1. The summed E-state index contributed by atoms with van der Waals surface area (Å²) in [6.45, 7) is 4.34. The second-order valence-corrected chi connectivity index (χ2v) is 10.7. The smallest absolute Gasteiger partial charge is 0.243 e. The summed E-state index contributed by atoms with van der Waals surface area (Å²) < 4.78 is 16.7. The molecule has 3 amide bonds. The summed E-state index contributed by atoms with van der Waals surface area (Å²) in [5.41, 5.74) is 6.42. The number of amides is 3. The number of carbonyl (C=O) groups is 3. The van der Waals surface area contributed by atoms with Crippen molar-refractivity contribution in [1.29, 1.82) is 0 Å². The van der Waals surface area contributed by atoms with E-state index in [0.29, 0.717) is 36.6 Å². The monoisotopic (exact) mass is 531 g/mol. The lowest BCUT2D eigenvalue weighted by molar-refractivity contribution is -0.145. The van der Waals surface area contributed by atoms with Crippen molar-refractivity contribution in [2.75, 3.05) is 27.9 Å². The highest BCUT2D eigenvalue weighted by Gasteiger charge is 2.41. The largest absolute Gasteiger partial charge is 0.493 e. The fourth-order valence-electron chi connectivity index (χ4n) is 5.99. The van der Waals surface area contributed by atoms with Crippen LogP contribution >= 0.6 is 0 Å². The summed E-state index contributed by atoms with van der Waals surface area (Å²) in [7, 11) is 4.69. The highest BCUT2D eigenvalue weighted by atomic mass is 16.5. The lowest BCUT2D eigenvalue weighted by atomic mass is 9.75. The molecule has 4 atom stereocenters. The molecule has 1 saturated heterocycles. The highest BCUT2D eigenvalue weighted by Crippen LogP contribution is 2.45. The Bertz CT molecular complexity index is 952. The predicted molar refractivity (Wildman–Crippen MR) is 145 cm³/mol. The molecule has 0 aromatic heterocycles. The quantitative estimate of drug-likeness (QED) is 0.449. The molecule has 1 saturated carbocycles. The Kier molecular flexibility index (Phi) is 10.7. The molecule has 1 aromatic rings. The van der Waals surface area contributed by atoms with E-state index in [1.807, 2.05) is 26.0 Å². The minimum Gasteiger partial charge on any atom is -0.493 e. The van der Waals surface area contributed by atoms with E-state index in [4.69, 9.17) is 19.9 Å². The second-order valence-electron chi connectivity index (χ2n) is 10.7. The molecular formula is C29H45N3O6. The topological polar surface area (TPSA) is 120 Å². The average molecular weight is 532 g/mol. The van der Waals surface area contributed by atoms with Crippen LogP contribution in [0.4, 0.5) is 0 Å². The van der Waals surface area contributed by atoms with E-state index >= 15 is 0 Å². The molecule has 0 radical (unpaired) electrons. The molecule has 2 fully saturated rings. The number of carbonyl (C=O) groups excluding carboxylic acids is 3. The van der Waals surface area contributed by atoms with Crippen molar-refractivity contribution in [3.8, 4) is 17.2 Å². The molecular weight excluding hydrogens is 486 g/mol. The van der Waals surface area contributed by atoms with Gasteiger partial charge >= 0.3 is 0 Å². The number of likely N-dealkylation sites (tertiary alicyclic amines) is 1. The van der Waals surface area contributed by atoms with Crippen LogP contribution in [-0.4, -0.2) is 62.6 Å². The van der Waals surface area contributed by atoms with Crippen LogP contribution in [0.3, 0.4) is 0 Å². The van der Waals surface area contributed by atoms with Crippen molar-refractivity contribution in [2.45, 2.75) is 89.6 Å². The molecule has 2 aliphatic rings.